The fraction of sp³-hybridized carbons (Fsp3) is 0.350. The summed E-state index contributed by atoms with van der Waals surface area (Å²) in [5.41, 5.74) is 2.19. The van der Waals surface area contributed by atoms with E-state index in [1.54, 1.807) is 0 Å². The van der Waals surface area contributed by atoms with Crippen molar-refractivity contribution < 1.29 is 9.53 Å². The molecule has 4 nitrogen and oxygen atoms in total. The van der Waals surface area contributed by atoms with Gasteiger partial charge in [0.15, 0.2) is 0 Å². The van der Waals surface area contributed by atoms with E-state index in [0.717, 1.165) is 30.9 Å². The Hall–Kier alpha value is -2.49. The third-order valence-corrected chi connectivity index (χ3v) is 3.92. The van der Waals surface area contributed by atoms with Gasteiger partial charge in [0.05, 0.1) is 13.2 Å². The van der Waals surface area contributed by atoms with Crippen LogP contribution in [0.5, 0.6) is 5.75 Å². The van der Waals surface area contributed by atoms with Crippen molar-refractivity contribution in [1.29, 1.82) is 0 Å². The molecule has 4 heteroatoms. The normalized spacial score (nSPS) is 10.2. The topological polar surface area (TPSA) is 41.6 Å². The van der Waals surface area contributed by atoms with Gasteiger partial charge in [-0.2, -0.15) is 0 Å². The number of ether oxygens (including phenoxy) is 1. The molecule has 0 aliphatic carbocycles. The Morgan fingerprint density at radius 3 is 2.29 bits per heavy atom. The molecule has 0 fully saturated rings. The summed E-state index contributed by atoms with van der Waals surface area (Å²) in [6.45, 7) is 6.43. The average molecular weight is 326 g/mol. The Morgan fingerprint density at radius 2 is 1.67 bits per heavy atom. The van der Waals surface area contributed by atoms with Gasteiger partial charge in [-0.25, -0.2) is 0 Å². The van der Waals surface area contributed by atoms with Crippen molar-refractivity contribution in [3.05, 3.63) is 60.2 Å². The van der Waals surface area contributed by atoms with Gasteiger partial charge in [0.25, 0.3) is 0 Å². The lowest BCUT2D eigenvalue weighted by Gasteiger charge is -2.19. The Kier molecular flexibility index (Phi) is 7.15. The maximum atomic E-state index is 12.0. The monoisotopic (exact) mass is 326 g/mol. The van der Waals surface area contributed by atoms with Gasteiger partial charge in [-0.3, -0.25) is 4.79 Å². The predicted octanol–water partition coefficient (Wildman–Crippen LogP) is 3.59. The molecule has 2 aromatic rings. The minimum Gasteiger partial charge on any atom is -0.493 e. The van der Waals surface area contributed by atoms with E-state index < -0.39 is 0 Å². The van der Waals surface area contributed by atoms with E-state index in [9.17, 15) is 4.79 Å². The van der Waals surface area contributed by atoms with Crippen LogP contribution >= 0.6 is 0 Å². The molecule has 0 atom stereocenters. The number of anilines is 1. The van der Waals surface area contributed by atoms with Crippen molar-refractivity contribution in [2.24, 2.45) is 0 Å². The molecule has 0 radical (unpaired) electrons. The van der Waals surface area contributed by atoms with Crippen LogP contribution < -0.4 is 10.1 Å². The van der Waals surface area contributed by atoms with Crippen LogP contribution in [0.3, 0.4) is 0 Å². The van der Waals surface area contributed by atoms with Gasteiger partial charge in [0.2, 0.25) is 5.91 Å². The van der Waals surface area contributed by atoms with Crippen LogP contribution in [0.2, 0.25) is 0 Å². The third-order valence-electron chi connectivity index (χ3n) is 3.92. The van der Waals surface area contributed by atoms with Gasteiger partial charge in [0, 0.05) is 25.2 Å². The maximum Gasteiger partial charge on any atom is 0.241 e. The molecule has 0 saturated carbocycles. The van der Waals surface area contributed by atoms with E-state index in [-0.39, 0.29) is 5.91 Å². The predicted molar refractivity (Wildman–Crippen MR) is 98.5 cm³/mol. The molecule has 0 heterocycles. The molecule has 0 unspecified atom stereocenters. The minimum atomic E-state index is 0.114. The van der Waals surface area contributed by atoms with Crippen LogP contribution in [0.4, 0.5) is 5.69 Å². The number of nitrogens with zero attached hydrogens (tertiary/aromatic N) is 1. The number of benzene rings is 2. The van der Waals surface area contributed by atoms with Crippen molar-refractivity contribution in [1.82, 2.24) is 4.90 Å². The van der Waals surface area contributed by atoms with Gasteiger partial charge in [-0.15, -0.1) is 0 Å². The van der Waals surface area contributed by atoms with Gasteiger partial charge in [-0.05, 0) is 43.7 Å². The average Bonchev–Trinajstić information content (AvgIpc) is 2.63. The van der Waals surface area contributed by atoms with E-state index in [4.69, 9.17) is 4.74 Å². The van der Waals surface area contributed by atoms with Crippen LogP contribution in [0, 0.1) is 0 Å². The summed E-state index contributed by atoms with van der Waals surface area (Å²) >= 11 is 0. The Morgan fingerprint density at radius 1 is 1.00 bits per heavy atom. The van der Waals surface area contributed by atoms with Crippen LogP contribution in [0.25, 0.3) is 0 Å². The molecule has 128 valence electrons. The highest BCUT2D eigenvalue weighted by molar-refractivity contribution is 5.80. The Bertz CT molecular complexity index is 607. The lowest BCUT2D eigenvalue weighted by molar-refractivity contribution is -0.128. The molecule has 0 aliphatic rings. The fourth-order valence-corrected chi connectivity index (χ4v) is 2.47. The molecule has 2 rings (SSSR count). The summed E-state index contributed by atoms with van der Waals surface area (Å²) in [7, 11) is 0. The molecular weight excluding hydrogens is 300 g/mol. The van der Waals surface area contributed by atoms with Crippen LogP contribution in [-0.4, -0.2) is 37.0 Å². The number of rotatable bonds is 9. The highest BCUT2D eigenvalue weighted by Crippen LogP contribution is 2.16. The van der Waals surface area contributed by atoms with Crippen molar-refractivity contribution in [3.63, 3.8) is 0 Å². The first kappa shape index (κ1) is 17.9. The molecule has 0 aromatic heterocycles. The smallest absolute Gasteiger partial charge is 0.241 e. The maximum absolute atomic E-state index is 12.0. The molecule has 0 bridgehead atoms. The first-order valence-corrected chi connectivity index (χ1v) is 8.51. The second kappa shape index (κ2) is 9.60. The van der Waals surface area contributed by atoms with Crippen LogP contribution in [0.15, 0.2) is 54.6 Å². The van der Waals surface area contributed by atoms with Gasteiger partial charge >= 0.3 is 0 Å². The van der Waals surface area contributed by atoms with E-state index in [2.05, 4.69) is 17.4 Å². The molecule has 0 saturated heterocycles. The number of amides is 1. The van der Waals surface area contributed by atoms with E-state index in [1.807, 2.05) is 61.2 Å². The van der Waals surface area contributed by atoms with Crippen molar-refractivity contribution in [3.8, 4) is 5.75 Å². The summed E-state index contributed by atoms with van der Waals surface area (Å²) in [5.74, 6) is 0.953. The van der Waals surface area contributed by atoms with Gasteiger partial charge in [0.1, 0.15) is 5.75 Å². The SMILES string of the molecule is CCN(CC)C(=O)CNc1ccc(OCCc2ccccc2)cc1. The second-order valence-electron chi connectivity index (χ2n) is 5.53. The number of carbonyl (C=O) groups excluding carboxylic acids is 1. The molecule has 1 N–H and O–H groups in total. The number of nitrogens with one attached hydrogen (secondary N) is 1. The van der Waals surface area contributed by atoms with E-state index >= 15 is 0 Å². The first-order chi connectivity index (χ1) is 11.7. The highest BCUT2D eigenvalue weighted by Gasteiger charge is 2.08. The van der Waals surface area contributed by atoms with Gasteiger partial charge < -0.3 is 15.0 Å². The van der Waals surface area contributed by atoms with Crippen LogP contribution in [-0.2, 0) is 11.2 Å². The van der Waals surface area contributed by atoms with Gasteiger partial charge in [-0.1, -0.05) is 30.3 Å². The molecule has 0 spiro atoms. The Labute approximate surface area is 144 Å². The standard InChI is InChI=1S/C20H26N2O2/c1-3-22(4-2)20(23)16-21-18-10-12-19(13-11-18)24-15-14-17-8-6-5-7-9-17/h5-13,21H,3-4,14-16H2,1-2H3. The van der Waals surface area contributed by atoms with Crippen molar-refractivity contribution in [2.75, 3.05) is 31.6 Å². The zero-order chi connectivity index (χ0) is 17.2. The number of hydrogen-bond acceptors (Lipinski definition) is 3. The number of likely N-dealkylation sites (N-methyl/N-ethyl adjacent to an activating group) is 1. The summed E-state index contributed by atoms with van der Waals surface area (Å²) < 4.78 is 5.76. The number of carbonyl (C=O) groups is 1. The largest absolute Gasteiger partial charge is 0.493 e. The summed E-state index contributed by atoms with van der Waals surface area (Å²) in [5, 5.41) is 3.16. The number of hydrogen-bond donors (Lipinski definition) is 1. The lowest BCUT2D eigenvalue weighted by Crippen LogP contribution is -2.35. The first-order valence-electron chi connectivity index (χ1n) is 8.51. The molecule has 1 amide bonds. The quantitative estimate of drug-likeness (QED) is 0.766. The molecular formula is C20H26N2O2. The second-order valence-corrected chi connectivity index (χ2v) is 5.53. The third kappa shape index (κ3) is 5.61. The summed E-state index contributed by atoms with van der Waals surface area (Å²) in [6.07, 6.45) is 0.888. The van der Waals surface area contributed by atoms with Crippen molar-refractivity contribution in [2.45, 2.75) is 20.3 Å². The Balaban J connectivity index is 1.75. The molecule has 0 aliphatic heterocycles. The van der Waals surface area contributed by atoms with E-state index in [1.165, 1.54) is 5.56 Å². The summed E-state index contributed by atoms with van der Waals surface area (Å²) in [4.78, 5) is 13.8. The van der Waals surface area contributed by atoms with Crippen LogP contribution in [0.1, 0.15) is 19.4 Å². The fourth-order valence-electron chi connectivity index (χ4n) is 2.47. The minimum absolute atomic E-state index is 0.114. The highest BCUT2D eigenvalue weighted by atomic mass is 16.5. The zero-order valence-corrected chi connectivity index (χ0v) is 14.5. The zero-order valence-electron chi connectivity index (χ0n) is 14.5. The lowest BCUT2D eigenvalue weighted by atomic mass is 10.2. The van der Waals surface area contributed by atoms with E-state index in [0.29, 0.717) is 13.2 Å². The molecule has 2 aromatic carbocycles. The van der Waals surface area contributed by atoms with Crippen molar-refractivity contribution >= 4 is 11.6 Å². The summed E-state index contributed by atoms with van der Waals surface area (Å²) in [6, 6.07) is 18.0. The molecule has 24 heavy (non-hydrogen) atoms.